The minimum Gasteiger partial charge on any atom is -0.489 e. The first kappa shape index (κ1) is 16.3. The number of rotatable bonds is 6. The molecule has 0 aromatic heterocycles. The Hall–Kier alpha value is -2.04. The predicted octanol–water partition coefficient (Wildman–Crippen LogP) is 3.35. The van der Waals surface area contributed by atoms with Gasteiger partial charge in [0.05, 0.1) is 0 Å². The van der Waals surface area contributed by atoms with Crippen molar-refractivity contribution in [2.75, 3.05) is 14.2 Å². The number of carbonyl (C=O) groups excluding carboxylic acids is 1. The summed E-state index contributed by atoms with van der Waals surface area (Å²) in [6.45, 7) is 0.342. The summed E-state index contributed by atoms with van der Waals surface area (Å²) in [6, 6.07) is 14.7. The van der Waals surface area contributed by atoms with Gasteiger partial charge in [0.1, 0.15) is 12.4 Å². The van der Waals surface area contributed by atoms with Crippen LogP contribution in [0, 0.1) is 0 Å². The number of methoxy groups -OCH3 is 1. The van der Waals surface area contributed by atoms with Crippen molar-refractivity contribution < 1.29 is 14.3 Å². The highest BCUT2D eigenvalue weighted by molar-refractivity contribution is 6.30. The second-order valence-electron chi connectivity index (χ2n) is 4.67. The molecule has 5 heteroatoms. The lowest BCUT2D eigenvalue weighted by Crippen LogP contribution is -2.27. The number of benzene rings is 2. The Labute approximate surface area is 135 Å². The van der Waals surface area contributed by atoms with Crippen LogP contribution in [0.5, 0.6) is 5.75 Å². The van der Waals surface area contributed by atoms with E-state index in [9.17, 15) is 4.79 Å². The van der Waals surface area contributed by atoms with E-state index in [-0.39, 0.29) is 5.91 Å². The average molecular weight is 320 g/mol. The van der Waals surface area contributed by atoms with Crippen LogP contribution in [-0.4, -0.2) is 20.1 Å². The van der Waals surface area contributed by atoms with E-state index in [1.807, 2.05) is 24.3 Å². The third-order valence-electron chi connectivity index (χ3n) is 3.27. The maximum Gasteiger partial charge on any atom is 0.253 e. The summed E-state index contributed by atoms with van der Waals surface area (Å²) in [5.41, 5.74) is 1.69. The lowest BCUT2D eigenvalue weighted by Gasteiger charge is -2.18. The van der Waals surface area contributed by atoms with Gasteiger partial charge in [-0.3, -0.25) is 4.79 Å². The Morgan fingerprint density at radius 2 is 1.86 bits per heavy atom. The van der Waals surface area contributed by atoms with Crippen molar-refractivity contribution in [1.29, 1.82) is 0 Å². The maximum atomic E-state index is 11.9. The molecule has 0 heterocycles. The van der Waals surface area contributed by atoms with Gasteiger partial charge in [-0.05, 0) is 35.4 Å². The number of nitrogens with one attached hydrogen (secondary N) is 1. The molecule has 0 saturated carbocycles. The van der Waals surface area contributed by atoms with Crippen molar-refractivity contribution in [3.63, 3.8) is 0 Å². The molecule has 0 spiro atoms. The smallest absolute Gasteiger partial charge is 0.253 e. The first-order chi connectivity index (χ1) is 10.7. The predicted molar refractivity (Wildman–Crippen MR) is 86.0 cm³/mol. The van der Waals surface area contributed by atoms with Crippen LogP contribution in [0.25, 0.3) is 0 Å². The molecule has 0 aliphatic heterocycles. The Morgan fingerprint density at radius 3 is 2.50 bits per heavy atom. The molecule has 2 aromatic carbocycles. The summed E-state index contributed by atoms with van der Waals surface area (Å²) in [5, 5.41) is 3.26. The Bertz CT molecular complexity index is 628. The highest BCUT2D eigenvalue weighted by atomic mass is 35.5. The first-order valence-electron chi connectivity index (χ1n) is 6.86. The van der Waals surface area contributed by atoms with Crippen LogP contribution >= 0.6 is 11.6 Å². The zero-order valence-corrected chi connectivity index (χ0v) is 13.3. The summed E-state index contributed by atoms with van der Waals surface area (Å²) in [4.78, 5) is 11.9. The van der Waals surface area contributed by atoms with Crippen LogP contribution in [0.15, 0.2) is 48.5 Å². The van der Waals surface area contributed by atoms with Crippen molar-refractivity contribution in [3.8, 4) is 5.75 Å². The lowest BCUT2D eigenvalue weighted by atomic mass is 10.0. The topological polar surface area (TPSA) is 47.6 Å². The van der Waals surface area contributed by atoms with E-state index in [4.69, 9.17) is 21.1 Å². The standard InChI is InChI=1S/C17H18ClNO3/c1-19-17(20)16(21-2)15-6-4-3-5-12(15)11-22-14-9-7-13(18)8-10-14/h3-10,16H,11H2,1-2H3,(H,19,20). The molecule has 22 heavy (non-hydrogen) atoms. The summed E-state index contributed by atoms with van der Waals surface area (Å²) in [5.74, 6) is 0.523. The molecule has 1 atom stereocenters. The fraction of sp³-hybridized carbons (Fsp3) is 0.235. The van der Waals surface area contributed by atoms with E-state index in [2.05, 4.69) is 5.32 Å². The fourth-order valence-corrected chi connectivity index (χ4v) is 2.25. The summed E-state index contributed by atoms with van der Waals surface area (Å²) in [7, 11) is 3.10. The van der Waals surface area contributed by atoms with Crippen LogP contribution in [0.3, 0.4) is 0 Å². The number of hydrogen-bond donors (Lipinski definition) is 1. The summed E-state index contributed by atoms with van der Waals surface area (Å²) in [6.07, 6.45) is -0.657. The molecule has 0 radical (unpaired) electrons. The molecule has 1 unspecified atom stereocenters. The van der Waals surface area contributed by atoms with Crippen molar-refractivity contribution in [1.82, 2.24) is 5.32 Å². The van der Waals surface area contributed by atoms with Crippen LogP contribution in [-0.2, 0) is 16.1 Å². The van der Waals surface area contributed by atoms with Gasteiger partial charge < -0.3 is 14.8 Å². The number of hydrogen-bond acceptors (Lipinski definition) is 3. The van der Waals surface area contributed by atoms with Gasteiger partial charge in [0, 0.05) is 19.2 Å². The highest BCUT2D eigenvalue weighted by Gasteiger charge is 2.21. The summed E-state index contributed by atoms with van der Waals surface area (Å²) < 4.78 is 11.1. The molecule has 1 amide bonds. The van der Waals surface area contributed by atoms with Crippen molar-refractivity contribution in [2.45, 2.75) is 12.7 Å². The minimum absolute atomic E-state index is 0.193. The quantitative estimate of drug-likeness (QED) is 0.888. The van der Waals surface area contributed by atoms with Crippen LogP contribution in [0.2, 0.25) is 5.02 Å². The van der Waals surface area contributed by atoms with E-state index < -0.39 is 6.10 Å². The minimum atomic E-state index is -0.657. The molecule has 0 saturated heterocycles. The molecule has 2 aromatic rings. The zero-order chi connectivity index (χ0) is 15.9. The number of ether oxygens (including phenoxy) is 2. The number of amides is 1. The molecular weight excluding hydrogens is 302 g/mol. The SMILES string of the molecule is CNC(=O)C(OC)c1ccccc1COc1ccc(Cl)cc1. The van der Waals surface area contributed by atoms with Gasteiger partial charge >= 0.3 is 0 Å². The van der Waals surface area contributed by atoms with Crippen molar-refractivity contribution in [3.05, 3.63) is 64.7 Å². The second kappa shape index (κ2) is 7.82. The van der Waals surface area contributed by atoms with E-state index in [0.29, 0.717) is 17.4 Å². The molecule has 0 aliphatic carbocycles. The molecule has 1 N–H and O–H groups in total. The molecule has 0 bridgehead atoms. The number of carbonyl (C=O) groups is 1. The fourth-order valence-electron chi connectivity index (χ4n) is 2.12. The van der Waals surface area contributed by atoms with Gasteiger partial charge in [0.15, 0.2) is 6.10 Å². The normalized spacial score (nSPS) is 11.8. The molecular formula is C17H18ClNO3. The van der Waals surface area contributed by atoms with Crippen LogP contribution < -0.4 is 10.1 Å². The van der Waals surface area contributed by atoms with Crippen molar-refractivity contribution >= 4 is 17.5 Å². The van der Waals surface area contributed by atoms with E-state index >= 15 is 0 Å². The Balaban J connectivity index is 2.17. The zero-order valence-electron chi connectivity index (χ0n) is 12.5. The molecule has 0 aliphatic rings. The summed E-state index contributed by atoms with van der Waals surface area (Å²) >= 11 is 5.85. The van der Waals surface area contributed by atoms with Gasteiger partial charge in [0.25, 0.3) is 5.91 Å². The lowest BCUT2D eigenvalue weighted by molar-refractivity contribution is -0.130. The third-order valence-corrected chi connectivity index (χ3v) is 3.52. The Kier molecular flexibility index (Phi) is 5.81. The Morgan fingerprint density at radius 1 is 1.18 bits per heavy atom. The van der Waals surface area contributed by atoms with E-state index in [1.165, 1.54) is 7.11 Å². The highest BCUT2D eigenvalue weighted by Crippen LogP contribution is 2.23. The van der Waals surface area contributed by atoms with Crippen molar-refractivity contribution in [2.24, 2.45) is 0 Å². The van der Waals surface area contributed by atoms with Gasteiger partial charge in [0.2, 0.25) is 0 Å². The number of likely N-dealkylation sites (N-methyl/N-ethyl adjacent to an activating group) is 1. The van der Waals surface area contributed by atoms with Gasteiger partial charge in [-0.25, -0.2) is 0 Å². The van der Waals surface area contributed by atoms with Gasteiger partial charge in [-0.1, -0.05) is 35.9 Å². The van der Waals surface area contributed by atoms with E-state index in [0.717, 1.165) is 11.1 Å². The molecule has 4 nitrogen and oxygen atoms in total. The van der Waals surface area contributed by atoms with Gasteiger partial charge in [-0.2, -0.15) is 0 Å². The molecule has 0 fully saturated rings. The first-order valence-corrected chi connectivity index (χ1v) is 7.24. The molecule has 2 rings (SSSR count). The maximum absolute atomic E-state index is 11.9. The molecule has 116 valence electrons. The third kappa shape index (κ3) is 4.00. The second-order valence-corrected chi connectivity index (χ2v) is 5.11. The van der Waals surface area contributed by atoms with Gasteiger partial charge in [-0.15, -0.1) is 0 Å². The average Bonchev–Trinajstić information content (AvgIpc) is 2.56. The van der Waals surface area contributed by atoms with E-state index in [1.54, 1.807) is 31.3 Å². The monoisotopic (exact) mass is 319 g/mol. The van der Waals surface area contributed by atoms with Crippen LogP contribution in [0.1, 0.15) is 17.2 Å². The largest absolute Gasteiger partial charge is 0.489 e. The van der Waals surface area contributed by atoms with Crippen LogP contribution in [0.4, 0.5) is 0 Å². The number of halogens is 1.